The molecule has 2 atom stereocenters. The van der Waals surface area contributed by atoms with E-state index in [0.29, 0.717) is 6.07 Å². The van der Waals surface area contributed by atoms with Crippen molar-refractivity contribution in [1.29, 1.82) is 0 Å². The molecule has 2 unspecified atom stereocenters. The van der Waals surface area contributed by atoms with Gasteiger partial charge < -0.3 is 19.7 Å². The van der Waals surface area contributed by atoms with E-state index < -0.39 is 48.1 Å². The number of carbonyl (C=O) groups is 1. The van der Waals surface area contributed by atoms with Crippen LogP contribution in [0.4, 0.5) is 17.6 Å². The van der Waals surface area contributed by atoms with Gasteiger partial charge in [-0.15, -0.1) is 13.2 Å². The van der Waals surface area contributed by atoms with Crippen molar-refractivity contribution < 1.29 is 42.0 Å². The highest BCUT2D eigenvalue weighted by Crippen LogP contribution is 2.28. The van der Waals surface area contributed by atoms with Crippen molar-refractivity contribution in [2.75, 3.05) is 7.11 Å². The molecule has 0 aromatic heterocycles. The molecule has 9 heteroatoms. The fraction of sp³-hybridized carbons (Fsp3) is 0.417. The summed E-state index contributed by atoms with van der Waals surface area (Å²) < 4.78 is 57.3. The molecule has 2 N–H and O–H groups in total. The van der Waals surface area contributed by atoms with E-state index >= 15 is 0 Å². The van der Waals surface area contributed by atoms with Crippen molar-refractivity contribution in [3.05, 3.63) is 29.6 Å². The molecule has 0 fully saturated rings. The molecule has 0 heterocycles. The zero-order valence-corrected chi connectivity index (χ0v) is 10.7. The molecule has 1 rings (SSSR count). The molecule has 0 saturated carbocycles. The molecule has 0 bridgehead atoms. The van der Waals surface area contributed by atoms with Crippen LogP contribution in [0.2, 0.25) is 0 Å². The zero-order valence-electron chi connectivity index (χ0n) is 10.7. The molecular formula is C12H12F4O5. The Morgan fingerprint density at radius 2 is 1.95 bits per heavy atom. The average molecular weight is 312 g/mol. The fourth-order valence-corrected chi connectivity index (χ4v) is 1.52. The Hall–Kier alpha value is -1.87. The molecule has 0 aliphatic carbocycles. The number of aliphatic hydroxyl groups excluding tert-OH is 2. The number of ether oxygens (including phenoxy) is 2. The summed E-state index contributed by atoms with van der Waals surface area (Å²) >= 11 is 0. The molecule has 0 saturated heterocycles. The summed E-state index contributed by atoms with van der Waals surface area (Å²) in [6, 6.07) is 2.01. The van der Waals surface area contributed by atoms with Gasteiger partial charge in [0.2, 0.25) is 0 Å². The van der Waals surface area contributed by atoms with Crippen molar-refractivity contribution in [3.63, 3.8) is 0 Å². The summed E-state index contributed by atoms with van der Waals surface area (Å²) in [5.74, 6) is -2.86. The van der Waals surface area contributed by atoms with Crippen LogP contribution in [0.1, 0.15) is 18.1 Å². The molecular weight excluding hydrogens is 300 g/mol. The van der Waals surface area contributed by atoms with Gasteiger partial charge in [-0.25, -0.2) is 4.39 Å². The first-order chi connectivity index (χ1) is 9.64. The maximum atomic E-state index is 13.6. The van der Waals surface area contributed by atoms with E-state index in [1.54, 1.807) is 0 Å². The minimum atomic E-state index is -4.98. The van der Waals surface area contributed by atoms with Crippen LogP contribution in [-0.4, -0.2) is 35.8 Å². The van der Waals surface area contributed by atoms with Crippen LogP contribution >= 0.6 is 0 Å². The smallest absolute Gasteiger partial charge is 0.469 e. The summed E-state index contributed by atoms with van der Waals surface area (Å²) in [7, 11) is 1.06. The summed E-state index contributed by atoms with van der Waals surface area (Å²) in [5.41, 5.74) is -0.471. The number of hydrogen-bond acceptors (Lipinski definition) is 5. The lowest BCUT2D eigenvalue weighted by Crippen LogP contribution is -2.23. The number of alkyl halides is 3. The summed E-state index contributed by atoms with van der Waals surface area (Å²) in [4.78, 5) is 10.9. The number of rotatable bonds is 5. The number of aliphatic hydroxyl groups is 2. The Morgan fingerprint density at radius 3 is 2.43 bits per heavy atom. The van der Waals surface area contributed by atoms with E-state index in [-0.39, 0.29) is 0 Å². The van der Waals surface area contributed by atoms with Crippen LogP contribution in [0.25, 0.3) is 0 Å². The zero-order chi connectivity index (χ0) is 16.2. The molecule has 1 aromatic rings. The number of benzene rings is 1. The summed E-state index contributed by atoms with van der Waals surface area (Å²) in [5, 5.41) is 19.2. The quantitative estimate of drug-likeness (QED) is 0.639. The van der Waals surface area contributed by atoms with Gasteiger partial charge in [-0.1, -0.05) is 0 Å². The van der Waals surface area contributed by atoms with E-state index in [2.05, 4.69) is 9.47 Å². The van der Waals surface area contributed by atoms with Gasteiger partial charge in [-0.2, -0.15) is 0 Å². The van der Waals surface area contributed by atoms with Crippen molar-refractivity contribution in [3.8, 4) is 5.75 Å². The van der Waals surface area contributed by atoms with Crippen molar-refractivity contribution in [2.45, 2.75) is 25.0 Å². The molecule has 0 spiro atoms. The molecule has 0 radical (unpaired) electrons. The molecule has 0 aliphatic rings. The number of halogens is 4. The third-order valence-electron chi connectivity index (χ3n) is 2.49. The largest absolute Gasteiger partial charge is 0.573 e. The number of hydrogen-bond donors (Lipinski definition) is 2. The predicted molar refractivity (Wildman–Crippen MR) is 60.7 cm³/mol. The topological polar surface area (TPSA) is 76.0 Å². The van der Waals surface area contributed by atoms with E-state index in [1.165, 1.54) is 0 Å². The highest BCUT2D eigenvalue weighted by Gasteiger charge is 2.32. The Kier molecular flexibility index (Phi) is 5.50. The lowest BCUT2D eigenvalue weighted by Gasteiger charge is -2.18. The van der Waals surface area contributed by atoms with Gasteiger partial charge >= 0.3 is 12.3 Å². The minimum absolute atomic E-state index is 0.414. The second-order valence-corrected chi connectivity index (χ2v) is 4.02. The molecule has 5 nitrogen and oxygen atoms in total. The number of esters is 1. The van der Waals surface area contributed by atoms with Crippen molar-refractivity contribution in [1.82, 2.24) is 0 Å². The van der Waals surface area contributed by atoms with Gasteiger partial charge in [0.25, 0.3) is 0 Å². The average Bonchev–Trinajstić information content (AvgIpc) is 2.36. The molecule has 0 aliphatic heterocycles. The van der Waals surface area contributed by atoms with Gasteiger partial charge in [0.05, 0.1) is 19.6 Å². The van der Waals surface area contributed by atoms with Crippen LogP contribution in [0.5, 0.6) is 5.75 Å². The maximum Gasteiger partial charge on any atom is 0.573 e. The Morgan fingerprint density at radius 1 is 1.33 bits per heavy atom. The first kappa shape index (κ1) is 17.2. The third kappa shape index (κ3) is 5.20. The first-order valence-electron chi connectivity index (χ1n) is 5.62. The molecule has 118 valence electrons. The van der Waals surface area contributed by atoms with Gasteiger partial charge in [0, 0.05) is 11.6 Å². The molecule has 21 heavy (non-hydrogen) atoms. The fourth-order valence-electron chi connectivity index (χ4n) is 1.52. The van der Waals surface area contributed by atoms with Crippen molar-refractivity contribution >= 4 is 5.97 Å². The normalized spacial score (nSPS) is 14.4. The second kappa shape index (κ2) is 6.72. The SMILES string of the molecule is COC(=O)CC(O)C(O)c1ccc(OC(F)(F)F)cc1F. The van der Waals surface area contributed by atoms with E-state index in [4.69, 9.17) is 0 Å². The monoisotopic (exact) mass is 312 g/mol. The number of carbonyl (C=O) groups excluding carboxylic acids is 1. The Labute approximate surface area is 116 Å². The first-order valence-corrected chi connectivity index (χ1v) is 5.62. The van der Waals surface area contributed by atoms with Gasteiger partial charge in [0.1, 0.15) is 17.7 Å². The van der Waals surface area contributed by atoms with Crippen LogP contribution in [0, 0.1) is 5.82 Å². The van der Waals surface area contributed by atoms with Crippen LogP contribution < -0.4 is 4.74 Å². The summed E-state index contributed by atoms with van der Waals surface area (Å²) in [6.07, 6.45) is -9.04. The minimum Gasteiger partial charge on any atom is -0.469 e. The standard InChI is InChI=1S/C12H12F4O5/c1-20-10(18)5-9(17)11(19)7-3-2-6(4-8(7)13)21-12(14,15)16/h2-4,9,11,17,19H,5H2,1H3. The lowest BCUT2D eigenvalue weighted by molar-refractivity contribution is -0.274. The highest BCUT2D eigenvalue weighted by atomic mass is 19.4. The van der Waals surface area contributed by atoms with E-state index in [0.717, 1.165) is 19.2 Å². The predicted octanol–water partition coefficient (Wildman–Crippen LogP) is 1.68. The third-order valence-corrected chi connectivity index (χ3v) is 2.49. The Bertz CT molecular complexity index is 503. The van der Waals surface area contributed by atoms with E-state index in [9.17, 15) is 32.6 Å². The Balaban J connectivity index is 2.86. The molecule has 1 aromatic carbocycles. The highest BCUT2D eigenvalue weighted by molar-refractivity contribution is 5.69. The van der Waals surface area contributed by atoms with Gasteiger partial charge in [0.15, 0.2) is 0 Å². The molecule has 0 amide bonds. The second-order valence-electron chi connectivity index (χ2n) is 4.02. The number of methoxy groups -OCH3 is 1. The van der Waals surface area contributed by atoms with Gasteiger partial charge in [-0.3, -0.25) is 4.79 Å². The van der Waals surface area contributed by atoms with Crippen LogP contribution in [0.3, 0.4) is 0 Å². The van der Waals surface area contributed by atoms with Crippen molar-refractivity contribution in [2.24, 2.45) is 0 Å². The summed E-state index contributed by atoms with van der Waals surface area (Å²) in [6.45, 7) is 0. The van der Waals surface area contributed by atoms with Crippen LogP contribution in [0.15, 0.2) is 18.2 Å². The maximum absolute atomic E-state index is 13.6. The lowest BCUT2D eigenvalue weighted by atomic mass is 10.0. The van der Waals surface area contributed by atoms with E-state index in [1.807, 2.05) is 0 Å². The van der Waals surface area contributed by atoms with Crippen LogP contribution in [-0.2, 0) is 9.53 Å². The van der Waals surface area contributed by atoms with Gasteiger partial charge in [-0.05, 0) is 12.1 Å².